The largest absolute Gasteiger partial charge is 0.366 e. The maximum atomic E-state index is 12.2. The summed E-state index contributed by atoms with van der Waals surface area (Å²) in [6.07, 6.45) is 3.25. The summed E-state index contributed by atoms with van der Waals surface area (Å²) in [6.45, 7) is 0. The van der Waals surface area contributed by atoms with Crippen LogP contribution in [0.15, 0.2) is 36.0 Å². The SMILES string of the molecule is NC(=O)c1ccccc1CS(=O)(=O)CCC(=O)NC1=CCCCC1=O. The summed E-state index contributed by atoms with van der Waals surface area (Å²) in [7, 11) is -3.61. The number of nitrogens with two attached hydrogens (primary N) is 1. The van der Waals surface area contributed by atoms with Crippen molar-refractivity contribution >= 4 is 27.4 Å². The second-order valence-corrected chi connectivity index (χ2v) is 8.03. The van der Waals surface area contributed by atoms with Crippen LogP contribution in [0.4, 0.5) is 0 Å². The number of hydrogen-bond acceptors (Lipinski definition) is 5. The van der Waals surface area contributed by atoms with Crippen molar-refractivity contribution in [2.45, 2.75) is 31.4 Å². The average Bonchev–Trinajstić information content (AvgIpc) is 2.55. The quantitative estimate of drug-likeness (QED) is 0.742. The number of hydrogen-bond donors (Lipinski definition) is 2. The Labute approximate surface area is 146 Å². The molecule has 0 spiro atoms. The number of ketones is 1. The van der Waals surface area contributed by atoms with Crippen LogP contribution in [0.3, 0.4) is 0 Å². The van der Waals surface area contributed by atoms with Crippen LogP contribution in [0.1, 0.15) is 41.6 Å². The molecule has 3 N–H and O–H groups in total. The number of allylic oxidation sites excluding steroid dienone is 2. The molecule has 0 saturated carbocycles. The highest BCUT2D eigenvalue weighted by Gasteiger charge is 2.20. The third-order valence-electron chi connectivity index (χ3n) is 3.83. The zero-order chi connectivity index (χ0) is 18.4. The predicted octanol–water partition coefficient (Wildman–Crippen LogP) is 0.843. The topological polar surface area (TPSA) is 123 Å². The monoisotopic (exact) mass is 364 g/mol. The fourth-order valence-electron chi connectivity index (χ4n) is 2.53. The molecule has 2 amide bonds. The minimum atomic E-state index is -3.61. The lowest BCUT2D eigenvalue weighted by atomic mass is 10.0. The first kappa shape index (κ1) is 18.9. The Bertz CT molecular complexity index is 827. The smallest absolute Gasteiger partial charge is 0.249 e. The lowest BCUT2D eigenvalue weighted by Gasteiger charge is -2.13. The first-order valence-electron chi connectivity index (χ1n) is 7.90. The molecule has 0 saturated heterocycles. The van der Waals surface area contributed by atoms with E-state index < -0.39 is 21.7 Å². The number of rotatable bonds is 7. The summed E-state index contributed by atoms with van der Waals surface area (Å²) in [6, 6.07) is 6.19. The summed E-state index contributed by atoms with van der Waals surface area (Å²) < 4.78 is 24.4. The van der Waals surface area contributed by atoms with Crippen LogP contribution in [0.2, 0.25) is 0 Å². The number of Topliss-reactive ketones (excluding diaryl/α,β-unsaturated/α-hetero) is 1. The Balaban J connectivity index is 1.95. The molecule has 1 aromatic rings. The molecule has 25 heavy (non-hydrogen) atoms. The van der Waals surface area contributed by atoms with Gasteiger partial charge in [-0.1, -0.05) is 24.3 Å². The molecule has 0 fully saturated rings. The fourth-order valence-corrected chi connectivity index (χ4v) is 3.90. The van der Waals surface area contributed by atoms with Gasteiger partial charge in [0.15, 0.2) is 15.6 Å². The Hall–Kier alpha value is -2.48. The Morgan fingerprint density at radius 2 is 1.92 bits per heavy atom. The van der Waals surface area contributed by atoms with Gasteiger partial charge in [0.1, 0.15) is 0 Å². The second kappa shape index (κ2) is 8.06. The molecule has 0 heterocycles. The van der Waals surface area contributed by atoms with Crippen LogP contribution in [0.5, 0.6) is 0 Å². The number of amides is 2. The van der Waals surface area contributed by atoms with Crippen molar-refractivity contribution in [2.75, 3.05) is 5.75 Å². The molecule has 0 aromatic heterocycles. The van der Waals surface area contributed by atoms with Crippen LogP contribution in [0.25, 0.3) is 0 Å². The maximum absolute atomic E-state index is 12.2. The lowest BCUT2D eigenvalue weighted by molar-refractivity contribution is -0.123. The minimum Gasteiger partial charge on any atom is -0.366 e. The first-order valence-corrected chi connectivity index (χ1v) is 9.72. The predicted molar refractivity (Wildman–Crippen MR) is 92.2 cm³/mol. The van der Waals surface area contributed by atoms with Gasteiger partial charge in [0.2, 0.25) is 11.8 Å². The van der Waals surface area contributed by atoms with Crippen molar-refractivity contribution < 1.29 is 22.8 Å². The molecular formula is C17H20N2O5S. The molecule has 8 heteroatoms. The molecule has 1 aromatic carbocycles. The van der Waals surface area contributed by atoms with Gasteiger partial charge in [-0.05, 0) is 24.5 Å². The molecule has 1 aliphatic rings. The highest BCUT2D eigenvalue weighted by atomic mass is 32.2. The molecule has 2 rings (SSSR count). The number of benzene rings is 1. The van der Waals surface area contributed by atoms with Crippen molar-refractivity contribution in [1.82, 2.24) is 5.32 Å². The van der Waals surface area contributed by atoms with Crippen molar-refractivity contribution in [2.24, 2.45) is 5.73 Å². The standard InChI is InChI=1S/C17H20N2O5S/c18-17(22)13-6-2-1-5-12(13)11-25(23,24)10-9-16(21)19-14-7-3-4-8-15(14)20/h1-2,5-7H,3-4,8-11H2,(H2,18,22)(H,19,21). The number of nitrogens with one attached hydrogen (secondary N) is 1. The fraction of sp³-hybridized carbons (Fsp3) is 0.353. The van der Waals surface area contributed by atoms with Gasteiger partial charge < -0.3 is 11.1 Å². The van der Waals surface area contributed by atoms with E-state index in [2.05, 4.69) is 5.32 Å². The summed E-state index contributed by atoms with van der Waals surface area (Å²) >= 11 is 0. The Kier molecular flexibility index (Phi) is 6.08. The summed E-state index contributed by atoms with van der Waals surface area (Å²) in [4.78, 5) is 34.9. The normalized spacial score (nSPS) is 14.7. The van der Waals surface area contributed by atoms with Crippen LogP contribution in [-0.4, -0.2) is 31.8 Å². The highest BCUT2D eigenvalue weighted by Crippen LogP contribution is 2.14. The van der Waals surface area contributed by atoms with Crippen molar-refractivity contribution in [3.8, 4) is 0 Å². The lowest BCUT2D eigenvalue weighted by Crippen LogP contribution is -2.30. The van der Waals surface area contributed by atoms with Crippen molar-refractivity contribution in [3.63, 3.8) is 0 Å². The minimum absolute atomic E-state index is 0.141. The Morgan fingerprint density at radius 3 is 2.60 bits per heavy atom. The number of carbonyl (C=O) groups is 3. The number of primary amides is 1. The second-order valence-electron chi connectivity index (χ2n) is 5.84. The van der Waals surface area contributed by atoms with E-state index in [9.17, 15) is 22.8 Å². The van der Waals surface area contributed by atoms with E-state index in [1.807, 2.05) is 0 Å². The summed E-state index contributed by atoms with van der Waals surface area (Å²) in [5.41, 5.74) is 5.93. The average molecular weight is 364 g/mol. The van der Waals surface area contributed by atoms with Gasteiger partial charge in [-0.15, -0.1) is 0 Å². The molecule has 0 bridgehead atoms. The van der Waals surface area contributed by atoms with Gasteiger partial charge >= 0.3 is 0 Å². The highest BCUT2D eigenvalue weighted by molar-refractivity contribution is 7.90. The zero-order valence-corrected chi connectivity index (χ0v) is 14.5. The van der Waals surface area contributed by atoms with E-state index >= 15 is 0 Å². The molecule has 0 aliphatic heterocycles. The molecule has 0 atom stereocenters. The van der Waals surface area contributed by atoms with E-state index in [0.29, 0.717) is 18.4 Å². The molecule has 1 aliphatic carbocycles. The van der Waals surface area contributed by atoms with Gasteiger partial charge in [-0.25, -0.2) is 8.42 Å². The van der Waals surface area contributed by atoms with Crippen molar-refractivity contribution in [1.29, 1.82) is 0 Å². The molecule has 7 nitrogen and oxygen atoms in total. The van der Waals surface area contributed by atoms with E-state index in [-0.39, 0.29) is 35.0 Å². The third kappa shape index (κ3) is 5.53. The number of carbonyl (C=O) groups excluding carboxylic acids is 3. The van der Waals surface area contributed by atoms with E-state index in [0.717, 1.165) is 6.42 Å². The first-order chi connectivity index (χ1) is 11.8. The van der Waals surface area contributed by atoms with Gasteiger partial charge in [0, 0.05) is 18.4 Å². The van der Waals surface area contributed by atoms with Crippen LogP contribution in [0, 0.1) is 0 Å². The molecule has 134 valence electrons. The Morgan fingerprint density at radius 1 is 1.20 bits per heavy atom. The summed E-state index contributed by atoms with van der Waals surface area (Å²) in [5, 5.41) is 2.47. The zero-order valence-electron chi connectivity index (χ0n) is 13.7. The van der Waals surface area contributed by atoms with Crippen LogP contribution >= 0.6 is 0 Å². The van der Waals surface area contributed by atoms with Crippen LogP contribution < -0.4 is 11.1 Å². The molecule has 0 radical (unpaired) electrons. The molecule has 0 unspecified atom stereocenters. The van der Waals surface area contributed by atoms with Crippen molar-refractivity contribution in [3.05, 3.63) is 47.2 Å². The van der Waals surface area contributed by atoms with E-state index in [4.69, 9.17) is 5.73 Å². The maximum Gasteiger partial charge on any atom is 0.249 e. The van der Waals surface area contributed by atoms with Crippen LogP contribution in [-0.2, 0) is 25.2 Å². The number of sulfone groups is 1. The van der Waals surface area contributed by atoms with Gasteiger partial charge in [-0.2, -0.15) is 0 Å². The van der Waals surface area contributed by atoms with Gasteiger partial charge in [0.25, 0.3) is 0 Å². The summed E-state index contributed by atoms with van der Waals surface area (Å²) in [5.74, 6) is -2.12. The third-order valence-corrected chi connectivity index (χ3v) is 5.41. The van der Waals surface area contributed by atoms with Gasteiger partial charge in [-0.3, -0.25) is 14.4 Å². The van der Waals surface area contributed by atoms with E-state index in [1.54, 1.807) is 18.2 Å². The van der Waals surface area contributed by atoms with Gasteiger partial charge in [0.05, 0.1) is 17.2 Å². The van der Waals surface area contributed by atoms with E-state index in [1.165, 1.54) is 12.1 Å². The molecular weight excluding hydrogens is 344 g/mol.